The standard InChI is InChI=1S/C14H17N3O2S/c1-9-3-5-11(6-4-9)19-8-7-12-16-10(2)13(20-12)14(18)17-15/h3-6H,7-8,15H2,1-2H3,(H,17,18). The first-order valence-corrected chi connectivity index (χ1v) is 7.08. The Bertz CT molecular complexity index is 593. The summed E-state index contributed by atoms with van der Waals surface area (Å²) < 4.78 is 5.64. The minimum absolute atomic E-state index is 0.300. The van der Waals surface area contributed by atoms with Crippen LogP contribution in [0, 0.1) is 13.8 Å². The molecule has 6 heteroatoms. The Morgan fingerprint density at radius 1 is 1.35 bits per heavy atom. The van der Waals surface area contributed by atoms with Gasteiger partial charge in [-0.05, 0) is 26.0 Å². The maximum absolute atomic E-state index is 11.5. The van der Waals surface area contributed by atoms with Crippen LogP contribution in [0.3, 0.4) is 0 Å². The summed E-state index contributed by atoms with van der Waals surface area (Å²) in [6, 6.07) is 7.89. The molecule has 1 aromatic heterocycles. The second-order valence-electron chi connectivity index (χ2n) is 4.41. The lowest BCUT2D eigenvalue weighted by molar-refractivity contribution is 0.0957. The van der Waals surface area contributed by atoms with Crippen LogP contribution in [-0.2, 0) is 6.42 Å². The van der Waals surface area contributed by atoms with Gasteiger partial charge in [-0.1, -0.05) is 17.7 Å². The average molecular weight is 291 g/mol. The van der Waals surface area contributed by atoms with Crippen LogP contribution < -0.4 is 16.0 Å². The SMILES string of the molecule is Cc1ccc(OCCc2nc(C)c(C(=O)NN)s2)cc1. The fourth-order valence-corrected chi connectivity index (χ4v) is 2.67. The number of nitrogens with two attached hydrogens (primary N) is 1. The summed E-state index contributed by atoms with van der Waals surface area (Å²) in [5.41, 5.74) is 4.02. The highest BCUT2D eigenvalue weighted by Gasteiger charge is 2.13. The first kappa shape index (κ1) is 14.5. The highest BCUT2D eigenvalue weighted by Crippen LogP contribution is 2.19. The van der Waals surface area contributed by atoms with Crippen molar-refractivity contribution >= 4 is 17.2 Å². The van der Waals surface area contributed by atoms with E-state index in [9.17, 15) is 4.79 Å². The summed E-state index contributed by atoms with van der Waals surface area (Å²) in [5.74, 6) is 5.66. The molecular weight excluding hydrogens is 274 g/mol. The Morgan fingerprint density at radius 3 is 2.70 bits per heavy atom. The number of ether oxygens (including phenoxy) is 1. The molecule has 5 nitrogen and oxygen atoms in total. The van der Waals surface area contributed by atoms with Crippen molar-refractivity contribution in [3.8, 4) is 5.75 Å². The van der Waals surface area contributed by atoms with Crippen molar-refractivity contribution in [3.63, 3.8) is 0 Å². The monoisotopic (exact) mass is 291 g/mol. The molecule has 0 atom stereocenters. The van der Waals surface area contributed by atoms with Crippen LogP contribution in [0.1, 0.15) is 25.9 Å². The number of amides is 1. The Kier molecular flexibility index (Phi) is 4.70. The third-order valence-corrected chi connectivity index (χ3v) is 4.00. The predicted molar refractivity (Wildman–Crippen MR) is 78.9 cm³/mol. The molecule has 0 saturated heterocycles. The number of thiazole rings is 1. The topological polar surface area (TPSA) is 77.2 Å². The molecule has 0 spiro atoms. The molecule has 1 amide bonds. The molecular formula is C14H17N3O2S. The maximum Gasteiger partial charge on any atom is 0.277 e. The Labute approximate surface area is 121 Å². The summed E-state index contributed by atoms with van der Waals surface area (Å²) in [5, 5.41) is 0.869. The zero-order valence-corrected chi connectivity index (χ0v) is 12.3. The molecule has 0 bridgehead atoms. The van der Waals surface area contributed by atoms with Gasteiger partial charge in [0, 0.05) is 6.42 Å². The van der Waals surface area contributed by atoms with E-state index in [-0.39, 0.29) is 5.91 Å². The molecule has 0 saturated carbocycles. The number of carbonyl (C=O) groups is 1. The van der Waals surface area contributed by atoms with Crippen molar-refractivity contribution in [1.82, 2.24) is 10.4 Å². The molecule has 0 unspecified atom stereocenters. The van der Waals surface area contributed by atoms with Gasteiger partial charge in [0.05, 0.1) is 17.3 Å². The molecule has 0 aliphatic carbocycles. The Balaban J connectivity index is 1.91. The largest absolute Gasteiger partial charge is 0.493 e. The van der Waals surface area contributed by atoms with Crippen molar-refractivity contribution in [1.29, 1.82) is 0 Å². The van der Waals surface area contributed by atoms with Gasteiger partial charge in [0.2, 0.25) is 0 Å². The number of nitrogen functional groups attached to an aromatic ring is 1. The van der Waals surface area contributed by atoms with Crippen LogP contribution in [0.15, 0.2) is 24.3 Å². The number of hydrogen-bond acceptors (Lipinski definition) is 5. The third-order valence-electron chi connectivity index (χ3n) is 2.78. The van der Waals surface area contributed by atoms with Crippen molar-refractivity contribution in [2.24, 2.45) is 5.84 Å². The van der Waals surface area contributed by atoms with E-state index < -0.39 is 0 Å². The summed E-state index contributed by atoms with van der Waals surface area (Å²) >= 11 is 1.35. The fraction of sp³-hybridized carbons (Fsp3) is 0.286. The van der Waals surface area contributed by atoms with Gasteiger partial charge in [-0.2, -0.15) is 0 Å². The van der Waals surface area contributed by atoms with Gasteiger partial charge in [0.25, 0.3) is 5.91 Å². The summed E-state index contributed by atoms with van der Waals surface area (Å²) in [7, 11) is 0. The zero-order valence-electron chi connectivity index (χ0n) is 11.5. The molecule has 20 heavy (non-hydrogen) atoms. The third kappa shape index (κ3) is 3.55. The minimum atomic E-state index is -0.300. The predicted octanol–water partition coefficient (Wildman–Crippen LogP) is 1.98. The lowest BCUT2D eigenvalue weighted by atomic mass is 10.2. The number of nitrogens with zero attached hydrogens (tertiary/aromatic N) is 1. The number of nitrogens with one attached hydrogen (secondary N) is 1. The number of hydrogen-bond donors (Lipinski definition) is 2. The first-order chi connectivity index (χ1) is 9.60. The van der Waals surface area contributed by atoms with Crippen molar-refractivity contribution in [2.45, 2.75) is 20.3 Å². The van der Waals surface area contributed by atoms with Gasteiger partial charge >= 0.3 is 0 Å². The molecule has 106 valence electrons. The Hall–Kier alpha value is -1.92. The molecule has 2 aromatic rings. The van der Waals surface area contributed by atoms with Crippen molar-refractivity contribution in [3.05, 3.63) is 45.4 Å². The minimum Gasteiger partial charge on any atom is -0.493 e. The van der Waals surface area contributed by atoms with Crippen molar-refractivity contribution < 1.29 is 9.53 Å². The molecule has 1 heterocycles. The van der Waals surface area contributed by atoms with Crippen LogP contribution in [0.25, 0.3) is 0 Å². The van der Waals surface area contributed by atoms with Crippen LogP contribution >= 0.6 is 11.3 Å². The number of hydrazine groups is 1. The molecule has 0 fully saturated rings. The molecule has 1 aromatic carbocycles. The number of rotatable bonds is 5. The van der Waals surface area contributed by atoms with E-state index in [0.717, 1.165) is 10.8 Å². The van der Waals surface area contributed by atoms with E-state index in [4.69, 9.17) is 10.6 Å². The Morgan fingerprint density at radius 2 is 2.05 bits per heavy atom. The van der Waals surface area contributed by atoms with Crippen LogP contribution in [0.5, 0.6) is 5.75 Å². The summed E-state index contributed by atoms with van der Waals surface area (Å²) in [6.07, 6.45) is 0.664. The highest BCUT2D eigenvalue weighted by atomic mass is 32.1. The van der Waals surface area contributed by atoms with E-state index >= 15 is 0 Å². The van der Waals surface area contributed by atoms with E-state index in [2.05, 4.69) is 10.4 Å². The average Bonchev–Trinajstić information content (AvgIpc) is 2.81. The number of benzene rings is 1. The number of aromatic nitrogens is 1. The second-order valence-corrected chi connectivity index (χ2v) is 5.49. The van der Waals surface area contributed by atoms with Gasteiger partial charge in [-0.25, -0.2) is 10.8 Å². The van der Waals surface area contributed by atoms with E-state index in [0.29, 0.717) is 23.6 Å². The maximum atomic E-state index is 11.5. The normalized spacial score (nSPS) is 10.3. The number of aryl methyl sites for hydroxylation is 2. The first-order valence-electron chi connectivity index (χ1n) is 6.27. The van der Waals surface area contributed by atoms with Gasteiger partial charge in [0.1, 0.15) is 10.6 Å². The molecule has 3 N–H and O–H groups in total. The quantitative estimate of drug-likeness (QED) is 0.502. The lowest BCUT2D eigenvalue weighted by Gasteiger charge is -2.04. The lowest BCUT2D eigenvalue weighted by Crippen LogP contribution is -2.29. The van der Waals surface area contributed by atoms with Crippen LogP contribution in [-0.4, -0.2) is 17.5 Å². The van der Waals surface area contributed by atoms with E-state index in [1.54, 1.807) is 6.92 Å². The summed E-state index contributed by atoms with van der Waals surface area (Å²) in [6.45, 7) is 4.36. The second kappa shape index (κ2) is 6.49. The van der Waals surface area contributed by atoms with Crippen LogP contribution in [0.4, 0.5) is 0 Å². The van der Waals surface area contributed by atoms with Gasteiger partial charge in [-0.15, -0.1) is 11.3 Å². The summed E-state index contributed by atoms with van der Waals surface area (Å²) in [4.78, 5) is 16.4. The number of carbonyl (C=O) groups excluding carboxylic acids is 1. The molecule has 0 aliphatic rings. The van der Waals surface area contributed by atoms with Gasteiger partial charge in [-0.3, -0.25) is 10.2 Å². The fourth-order valence-electron chi connectivity index (χ4n) is 1.73. The highest BCUT2D eigenvalue weighted by molar-refractivity contribution is 7.13. The van der Waals surface area contributed by atoms with E-state index in [1.807, 2.05) is 31.2 Å². The molecule has 0 radical (unpaired) electrons. The molecule has 0 aliphatic heterocycles. The van der Waals surface area contributed by atoms with Crippen molar-refractivity contribution in [2.75, 3.05) is 6.61 Å². The molecule has 2 rings (SSSR count). The zero-order chi connectivity index (χ0) is 14.5. The van der Waals surface area contributed by atoms with Gasteiger partial charge in [0.15, 0.2) is 0 Å². The smallest absolute Gasteiger partial charge is 0.277 e. The van der Waals surface area contributed by atoms with Gasteiger partial charge < -0.3 is 4.74 Å². The van der Waals surface area contributed by atoms with Crippen LogP contribution in [0.2, 0.25) is 0 Å². The van der Waals surface area contributed by atoms with E-state index in [1.165, 1.54) is 16.9 Å².